The fourth-order valence-electron chi connectivity index (χ4n) is 3.23. The number of nitrogens with one attached hydrogen (secondary N) is 1. The number of amides is 2. The Hall–Kier alpha value is -2.71. The zero-order valence-corrected chi connectivity index (χ0v) is 17.4. The second-order valence-electron chi connectivity index (χ2n) is 7.14. The summed E-state index contributed by atoms with van der Waals surface area (Å²) in [5.74, 6) is -0.280. The van der Waals surface area contributed by atoms with Gasteiger partial charge in [0.25, 0.3) is 0 Å². The first-order valence-corrected chi connectivity index (χ1v) is 10.9. The van der Waals surface area contributed by atoms with E-state index in [1.54, 1.807) is 24.1 Å². The van der Waals surface area contributed by atoms with Crippen molar-refractivity contribution in [3.8, 4) is 0 Å². The predicted molar refractivity (Wildman–Crippen MR) is 111 cm³/mol. The highest BCUT2D eigenvalue weighted by molar-refractivity contribution is 7.89. The van der Waals surface area contributed by atoms with Crippen molar-refractivity contribution >= 4 is 27.5 Å². The lowest BCUT2D eigenvalue weighted by molar-refractivity contribution is -0.129. The van der Waals surface area contributed by atoms with E-state index in [0.29, 0.717) is 25.2 Å². The molecule has 2 aromatic carbocycles. The van der Waals surface area contributed by atoms with Crippen molar-refractivity contribution in [1.82, 2.24) is 9.62 Å². The van der Waals surface area contributed by atoms with Crippen molar-refractivity contribution in [2.75, 3.05) is 25.0 Å². The molecule has 0 saturated carbocycles. The molecular weight excluding hydrogens is 390 g/mol. The van der Waals surface area contributed by atoms with Gasteiger partial charge in [0.1, 0.15) is 0 Å². The zero-order valence-electron chi connectivity index (χ0n) is 16.6. The number of hydrogen-bond acceptors (Lipinski definition) is 4. The number of benzene rings is 2. The van der Waals surface area contributed by atoms with Crippen LogP contribution in [0.3, 0.4) is 0 Å². The maximum absolute atomic E-state index is 12.5. The average Bonchev–Trinajstić information content (AvgIpc) is 3.14. The Bertz CT molecular complexity index is 1000. The van der Waals surface area contributed by atoms with Gasteiger partial charge < -0.3 is 9.80 Å². The summed E-state index contributed by atoms with van der Waals surface area (Å²) in [4.78, 5) is 27.4. The molecule has 3 rings (SSSR count). The second-order valence-corrected chi connectivity index (χ2v) is 8.91. The van der Waals surface area contributed by atoms with Crippen LogP contribution >= 0.6 is 0 Å². The fourth-order valence-corrected chi connectivity index (χ4v) is 4.21. The topological polar surface area (TPSA) is 86.8 Å². The molecule has 0 bridgehead atoms. The van der Waals surface area contributed by atoms with E-state index in [4.69, 9.17) is 0 Å². The molecule has 2 amide bonds. The molecule has 1 N–H and O–H groups in total. The largest absolute Gasteiger partial charge is 0.340 e. The number of rotatable bonds is 7. The van der Waals surface area contributed by atoms with Crippen molar-refractivity contribution in [3.05, 3.63) is 59.7 Å². The van der Waals surface area contributed by atoms with E-state index in [1.165, 1.54) is 17.0 Å². The minimum absolute atomic E-state index is 0.0426. The van der Waals surface area contributed by atoms with Crippen LogP contribution in [0.4, 0.5) is 5.69 Å². The molecule has 2 aromatic rings. The number of anilines is 1. The molecule has 1 aliphatic rings. The van der Waals surface area contributed by atoms with Crippen molar-refractivity contribution in [2.45, 2.75) is 31.2 Å². The van der Waals surface area contributed by atoms with E-state index < -0.39 is 10.0 Å². The molecular formula is C21H25N3O4S. The monoisotopic (exact) mass is 415 g/mol. The second kappa shape index (κ2) is 8.75. The van der Waals surface area contributed by atoms with Gasteiger partial charge in [-0.1, -0.05) is 24.3 Å². The number of likely N-dealkylation sites (N-methyl/N-ethyl adjacent to an activating group) is 1. The van der Waals surface area contributed by atoms with Crippen LogP contribution in [-0.2, 0) is 26.2 Å². The normalized spacial score (nSPS) is 14.3. The molecule has 29 heavy (non-hydrogen) atoms. The van der Waals surface area contributed by atoms with E-state index >= 15 is 0 Å². The summed E-state index contributed by atoms with van der Waals surface area (Å²) in [6.07, 6.45) is 1.32. The predicted octanol–water partition coefficient (Wildman–Crippen LogP) is 2.06. The van der Waals surface area contributed by atoms with Gasteiger partial charge >= 0.3 is 0 Å². The number of aryl methyl sites for hydroxylation is 1. The number of hydrogen-bond donors (Lipinski definition) is 1. The Balaban J connectivity index is 1.59. The molecule has 0 unspecified atom stereocenters. The summed E-state index contributed by atoms with van der Waals surface area (Å²) >= 11 is 0. The lowest BCUT2D eigenvalue weighted by atomic mass is 10.1. The van der Waals surface area contributed by atoms with Gasteiger partial charge in [-0.2, -0.15) is 0 Å². The number of nitrogens with zero attached hydrogens (tertiary/aromatic N) is 2. The molecule has 1 fully saturated rings. The van der Waals surface area contributed by atoms with Gasteiger partial charge in [-0.25, -0.2) is 13.1 Å². The van der Waals surface area contributed by atoms with Crippen LogP contribution in [0.25, 0.3) is 0 Å². The highest BCUT2D eigenvalue weighted by Gasteiger charge is 2.23. The lowest BCUT2D eigenvalue weighted by Crippen LogP contribution is -2.37. The highest BCUT2D eigenvalue weighted by atomic mass is 32.2. The van der Waals surface area contributed by atoms with Crippen molar-refractivity contribution in [2.24, 2.45) is 0 Å². The Kier molecular flexibility index (Phi) is 6.34. The fraction of sp³-hybridized carbons (Fsp3) is 0.333. The van der Waals surface area contributed by atoms with Gasteiger partial charge in [0.15, 0.2) is 0 Å². The van der Waals surface area contributed by atoms with Gasteiger partial charge in [0.2, 0.25) is 21.8 Å². The molecule has 1 heterocycles. The third kappa shape index (κ3) is 5.02. The molecule has 0 atom stereocenters. The Morgan fingerprint density at radius 2 is 1.83 bits per heavy atom. The van der Waals surface area contributed by atoms with E-state index in [1.807, 2.05) is 31.2 Å². The number of carbonyl (C=O) groups is 2. The summed E-state index contributed by atoms with van der Waals surface area (Å²) in [5, 5.41) is 0. The van der Waals surface area contributed by atoms with Crippen molar-refractivity contribution in [3.63, 3.8) is 0 Å². The third-order valence-corrected chi connectivity index (χ3v) is 6.46. The Labute approximate surface area is 171 Å². The number of carbonyl (C=O) groups excluding carboxylic acids is 2. The van der Waals surface area contributed by atoms with E-state index in [9.17, 15) is 18.0 Å². The van der Waals surface area contributed by atoms with Crippen LogP contribution < -0.4 is 9.62 Å². The molecule has 1 saturated heterocycles. The first kappa shape index (κ1) is 21.0. The standard InChI is InChI=1S/C21H25N3O4S/c1-16-6-3-4-7-17(16)15-23(2)21(26)14-22-29(27,28)19-11-9-18(10-12-19)24-13-5-8-20(24)25/h3-4,6-7,9-12,22H,5,8,13-15H2,1-2H3. The lowest BCUT2D eigenvalue weighted by Gasteiger charge is -2.19. The first-order chi connectivity index (χ1) is 13.8. The van der Waals surface area contributed by atoms with Gasteiger partial charge in [-0.3, -0.25) is 9.59 Å². The number of sulfonamides is 1. The van der Waals surface area contributed by atoms with Crippen LogP contribution in [0.2, 0.25) is 0 Å². The minimum Gasteiger partial charge on any atom is -0.340 e. The maximum Gasteiger partial charge on any atom is 0.241 e. The molecule has 7 nitrogen and oxygen atoms in total. The van der Waals surface area contributed by atoms with Gasteiger partial charge in [0.05, 0.1) is 11.4 Å². The minimum atomic E-state index is -3.82. The average molecular weight is 416 g/mol. The smallest absolute Gasteiger partial charge is 0.241 e. The van der Waals surface area contributed by atoms with Crippen LogP contribution in [-0.4, -0.2) is 45.3 Å². The molecule has 8 heteroatoms. The van der Waals surface area contributed by atoms with Crippen molar-refractivity contribution in [1.29, 1.82) is 0 Å². The SMILES string of the molecule is Cc1ccccc1CN(C)C(=O)CNS(=O)(=O)c1ccc(N2CCCC2=O)cc1. The maximum atomic E-state index is 12.5. The van der Waals surface area contributed by atoms with Gasteiger partial charge in [0, 0.05) is 32.2 Å². The molecule has 0 aliphatic carbocycles. The zero-order chi connectivity index (χ0) is 21.0. The quantitative estimate of drug-likeness (QED) is 0.750. The highest BCUT2D eigenvalue weighted by Crippen LogP contribution is 2.22. The molecule has 154 valence electrons. The van der Waals surface area contributed by atoms with Crippen LogP contribution in [0.1, 0.15) is 24.0 Å². The van der Waals surface area contributed by atoms with Crippen molar-refractivity contribution < 1.29 is 18.0 Å². The van der Waals surface area contributed by atoms with Crippen LogP contribution in [0.5, 0.6) is 0 Å². The summed E-state index contributed by atoms with van der Waals surface area (Å²) in [6.45, 7) is 2.70. The summed E-state index contributed by atoms with van der Waals surface area (Å²) < 4.78 is 27.4. The van der Waals surface area contributed by atoms with Gasteiger partial charge in [-0.15, -0.1) is 0 Å². The Morgan fingerprint density at radius 3 is 2.45 bits per heavy atom. The van der Waals surface area contributed by atoms with Crippen LogP contribution in [0, 0.1) is 6.92 Å². The summed E-state index contributed by atoms with van der Waals surface area (Å²) in [7, 11) is -2.18. The van der Waals surface area contributed by atoms with E-state index in [2.05, 4.69) is 4.72 Å². The third-order valence-electron chi connectivity index (χ3n) is 5.04. The molecule has 0 radical (unpaired) electrons. The van der Waals surface area contributed by atoms with Crippen LogP contribution in [0.15, 0.2) is 53.4 Å². The summed E-state index contributed by atoms with van der Waals surface area (Å²) in [5.41, 5.74) is 2.77. The van der Waals surface area contributed by atoms with E-state index in [-0.39, 0.29) is 23.3 Å². The molecule has 1 aliphatic heterocycles. The van der Waals surface area contributed by atoms with Gasteiger partial charge in [-0.05, 0) is 48.7 Å². The first-order valence-electron chi connectivity index (χ1n) is 9.46. The Morgan fingerprint density at radius 1 is 1.14 bits per heavy atom. The summed E-state index contributed by atoms with van der Waals surface area (Å²) in [6, 6.07) is 13.9. The van der Waals surface area contributed by atoms with E-state index in [0.717, 1.165) is 17.5 Å². The molecule has 0 spiro atoms. The molecule has 0 aromatic heterocycles.